The number of carbonyl (C=O) groups is 1. The molecule has 0 atom stereocenters. The summed E-state index contributed by atoms with van der Waals surface area (Å²) in [7, 11) is 0. The molecular formula is C12H11F5O2. The van der Waals surface area contributed by atoms with Gasteiger partial charge in [-0.15, -0.1) is 0 Å². The molecule has 0 heterocycles. The van der Waals surface area contributed by atoms with E-state index in [1.165, 1.54) is 24.3 Å². The minimum Gasteiger partial charge on any atom is -0.435 e. The molecule has 106 valence electrons. The largest absolute Gasteiger partial charge is 0.435 e. The molecule has 0 aliphatic heterocycles. The van der Waals surface area contributed by atoms with Crippen molar-refractivity contribution < 1.29 is 31.5 Å². The molecule has 19 heavy (non-hydrogen) atoms. The molecule has 0 bridgehead atoms. The average Bonchev–Trinajstić information content (AvgIpc) is 2.27. The van der Waals surface area contributed by atoms with Gasteiger partial charge in [0.15, 0.2) is 5.78 Å². The summed E-state index contributed by atoms with van der Waals surface area (Å²) in [4.78, 5) is 11.5. The van der Waals surface area contributed by atoms with Crippen LogP contribution in [0.2, 0.25) is 0 Å². The van der Waals surface area contributed by atoms with Gasteiger partial charge < -0.3 is 4.74 Å². The SMILES string of the molecule is O=C(CCCC(F)(F)F)c1ccc(OC(F)F)cc1. The van der Waals surface area contributed by atoms with Crippen molar-refractivity contribution in [2.45, 2.75) is 32.1 Å². The van der Waals surface area contributed by atoms with Gasteiger partial charge in [0, 0.05) is 18.4 Å². The van der Waals surface area contributed by atoms with Gasteiger partial charge in [0.25, 0.3) is 0 Å². The van der Waals surface area contributed by atoms with Crippen molar-refractivity contribution in [1.29, 1.82) is 0 Å². The van der Waals surface area contributed by atoms with Gasteiger partial charge in [0.2, 0.25) is 0 Å². The number of benzene rings is 1. The maximum atomic E-state index is 11.9. The summed E-state index contributed by atoms with van der Waals surface area (Å²) in [6.07, 6.45) is -5.84. The zero-order valence-electron chi connectivity index (χ0n) is 9.71. The van der Waals surface area contributed by atoms with Crippen LogP contribution in [0.15, 0.2) is 24.3 Å². The summed E-state index contributed by atoms with van der Waals surface area (Å²) in [5, 5.41) is 0. The van der Waals surface area contributed by atoms with Gasteiger partial charge in [-0.2, -0.15) is 22.0 Å². The van der Waals surface area contributed by atoms with Crippen molar-refractivity contribution in [3.05, 3.63) is 29.8 Å². The molecule has 0 saturated heterocycles. The van der Waals surface area contributed by atoms with E-state index in [-0.39, 0.29) is 24.2 Å². The predicted molar refractivity (Wildman–Crippen MR) is 57.3 cm³/mol. The van der Waals surface area contributed by atoms with Gasteiger partial charge in [-0.1, -0.05) is 0 Å². The summed E-state index contributed by atoms with van der Waals surface area (Å²) in [6, 6.07) is 4.83. The average molecular weight is 282 g/mol. The molecule has 0 unspecified atom stereocenters. The molecule has 1 rings (SSSR count). The number of hydrogen-bond acceptors (Lipinski definition) is 2. The molecule has 0 spiro atoms. The van der Waals surface area contributed by atoms with E-state index in [4.69, 9.17) is 0 Å². The molecule has 1 aromatic rings. The first-order valence-electron chi connectivity index (χ1n) is 5.43. The van der Waals surface area contributed by atoms with Gasteiger partial charge in [0.05, 0.1) is 0 Å². The number of alkyl halides is 5. The first-order chi connectivity index (χ1) is 8.78. The first kappa shape index (κ1) is 15.4. The third-order valence-electron chi connectivity index (χ3n) is 2.27. The summed E-state index contributed by atoms with van der Waals surface area (Å²) in [6.45, 7) is -2.96. The Morgan fingerprint density at radius 3 is 2.21 bits per heavy atom. The molecule has 0 aromatic heterocycles. The molecule has 0 N–H and O–H groups in total. The molecule has 0 saturated carbocycles. The number of Topliss-reactive ketones (excluding diaryl/α,β-unsaturated/α-hetero) is 1. The number of halogens is 5. The fourth-order valence-electron chi connectivity index (χ4n) is 1.42. The Labute approximate surface area is 106 Å². The van der Waals surface area contributed by atoms with Crippen LogP contribution < -0.4 is 4.74 Å². The monoisotopic (exact) mass is 282 g/mol. The van der Waals surface area contributed by atoms with Crippen molar-refractivity contribution in [2.75, 3.05) is 0 Å². The van der Waals surface area contributed by atoms with E-state index in [0.29, 0.717) is 0 Å². The zero-order chi connectivity index (χ0) is 14.5. The molecule has 0 fully saturated rings. The fraction of sp³-hybridized carbons (Fsp3) is 0.417. The number of rotatable bonds is 6. The minimum atomic E-state index is -4.28. The van der Waals surface area contributed by atoms with E-state index in [1.807, 2.05) is 0 Å². The molecule has 0 radical (unpaired) electrons. The van der Waals surface area contributed by atoms with Crippen LogP contribution in [0.3, 0.4) is 0 Å². The van der Waals surface area contributed by atoms with Crippen molar-refractivity contribution >= 4 is 5.78 Å². The number of ketones is 1. The van der Waals surface area contributed by atoms with Crippen molar-refractivity contribution in [3.8, 4) is 5.75 Å². The second kappa shape index (κ2) is 6.49. The fourth-order valence-corrected chi connectivity index (χ4v) is 1.42. The second-order valence-electron chi connectivity index (χ2n) is 3.79. The molecule has 0 aliphatic rings. The highest BCUT2D eigenvalue weighted by atomic mass is 19.4. The Morgan fingerprint density at radius 2 is 1.74 bits per heavy atom. The van der Waals surface area contributed by atoms with Gasteiger partial charge >= 0.3 is 12.8 Å². The Hall–Kier alpha value is -1.66. The molecule has 2 nitrogen and oxygen atoms in total. The van der Waals surface area contributed by atoms with Crippen LogP contribution >= 0.6 is 0 Å². The van der Waals surface area contributed by atoms with Crippen LogP contribution in [0.1, 0.15) is 29.6 Å². The van der Waals surface area contributed by atoms with Crippen LogP contribution in [0.5, 0.6) is 5.75 Å². The summed E-state index contributed by atoms with van der Waals surface area (Å²) in [5.41, 5.74) is 0.170. The minimum absolute atomic E-state index is 0.109. The third-order valence-corrected chi connectivity index (χ3v) is 2.27. The van der Waals surface area contributed by atoms with Crippen molar-refractivity contribution in [1.82, 2.24) is 0 Å². The van der Waals surface area contributed by atoms with Crippen LogP contribution in [0, 0.1) is 0 Å². The summed E-state index contributed by atoms with van der Waals surface area (Å²) < 4.78 is 63.5. The Morgan fingerprint density at radius 1 is 1.16 bits per heavy atom. The number of carbonyl (C=O) groups excluding carboxylic acids is 1. The van der Waals surface area contributed by atoms with Crippen LogP contribution in [0.25, 0.3) is 0 Å². The van der Waals surface area contributed by atoms with E-state index in [9.17, 15) is 26.7 Å². The maximum absolute atomic E-state index is 11.9. The number of hydrogen-bond donors (Lipinski definition) is 0. The van der Waals surface area contributed by atoms with E-state index in [2.05, 4.69) is 4.74 Å². The van der Waals surface area contributed by atoms with Crippen LogP contribution in [-0.4, -0.2) is 18.6 Å². The smallest absolute Gasteiger partial charge is 0.389 e. The highest BCUT2D eigenvalue weighted by Gasteiger charge is 2.26. The Kier molecular flexibility index (Phi) is 5.26. The van der Waals surface area contributed by atoms with Crippen LogP contribution in [-0.2, 0) is 0 Å². The molecule has 1 aromatic carbocycles. The summed E-state index contributed by atoms with van der Waals surface area (Å²) >= 11 is 0. The normalized spacial score (nSPS) is 11.7. The van der Waals surface area contributed by atoms with Crippen molar-refractivity contribution in [2.24, 2.45) is 0 Å². The quantitative estimate of drug-likeness (QED) is 0.577. The van der Waals surface area contributed by atoms with Gasteiger partial charge in [-0.3, -0.25) is 4.79 Å². The third kappa shape index (κ3) is 6.17. The zero-order valence-corrected chi connectivity index (χ0v) is 9.71. The lowest BCUT2D eigenvalue weighted by molar-refractivity contribution is -0.135. The lowest BCUT2D eigenvalue weighted by Gasteiger charge is -2.06. The Bertz CT molecular complexity index is 411. The lowest BCUT2D eigenvalue weighted by Crippen LogP contribution is -2.08. The molecular weight excluding hydrogens is 271 g/mol. The molecule has 7 heteroatoms. The molecule has 0 aliphatic carbocycles. The molecule has 0 amide bonds. The maximum Gasteiger partial charge on any atom is 0.389 e. The van der Waals surface area contributed by atoms with Gasteiger partial charge in [-0.05, 0) is 30.7 Å². The standard InChI is InChI=1S/C12H11F5O2/c13-11(14)19-9-5-3-8(4-6-9)10(18)2-1-7-12(15,16)17/h3-6,11H,1-2,7H2. The Balaban J connectivity index is 2.49. The van der Waals surface area contributed by atoms with Crippen LogP contribution in [0.4, 0.5) is 22.0 Å². The highest BCUT2D eigenvalue weighted by Crippen LogP contribution is 2.23. The first-order valence-corrected chi connectivity index (χ1v) is 5.43. The van der Waals surface area contributed by atoms with E-state index in [0.717, 1.165) is 0 Å². The lowest BCUT2D eigenvalue weighted by atomic mass is 10.1. The van der Waals surface area contributed by atoms with E-state index >= 15 is 0 Å². The predicted octanol–water partition coefficient (Wildman–Crippen LogP) is 4.20. The topological polar surface area (TPSA) is 26.3 Å². The van der Waals surface area contributed by atoms with Gasteiger partial charge in [0.1, 0.15) is 5.75 Å². The van der Waals surface area contributed by atoms with E-state index in [1.54, 1.807) is 0 Å². The van der Waals surface area contributed by atoms with E-state index < -0.39 is 25.0 Å². The highest BCUT2D eigenvalue weighted by molar-refractivity contribution is 5.96. The van der Waals surface area contributed by atoms with Gasteiger partial charge in [-0.25, -0.2) is 0 Å². The van der Waals surface area contributed by atoms with Crippen molar-refractivity contribution in [3.63, 3.8) is 0 Å². The summed E-state index contributed by atoms with van der Waals surface area (Å²) in [5.74, 6) is -0.574. The second-order valence-corrected chi connectivity index (χ2v) is 3.79. The number of ether oxygens (including phenoxy) is 1.